The molecule has 2 amide bonds. The molecule has 0 bridgehead atoms. The van der Waals surface area contributed by atoms with Gasteiger partial charge in [-0.3, -0.25) is 4.79 Å². The Kier molecular flexibility index (Phi) is 7.66. The Morgan fingerprint density at radius 1 is 1.26 bits per heavy atom. The van der Waals surface area contributed by atoms with Gasteiger partial charge in [-0.25, -0.2) is 4.79 Å². The van der Waals surface area contributed by atoms with Crippen LogP contribution in [0.15, 0.2) is 24.3 Å². The zero-order valence-electron chi connectivity index (χ0n) is 16.9. The summed E-state index contributed by atoms with van der Waals surface area (Å²) >= 11 is 0. The van der Waals surface area contributed by atoms with Gasteiger partial charge in [-0.1, -0.05) is 38.1 Å². The summed E-state index contributed by atoms with van der Waals surface area (Å²) in [5.41, 5.74) is 2.48. The fourth-order valence-corrected chi connectivity index (χ4v) is 3.60. The van der Waals surface area contributed by atoms with E-state index in [1.54, 1.807) is 4.90 Å². The highest BCUT2D eigenvalue weighted by Gasteiger charge is 2.28. The second kappa shape index (κ2) is 9.74. The largest absolute Gasteiger partial charge is 0.481 e. The minimum atomic E-state index is -0.819. The quantitative estimate of drug-likeness (QED) is 0.768. The Labute approximate surface area is 162 Å². The molecular formula is C21H33N3O3. The molecule has 1 aliphatic rings. The number of amides is 2. The number of carboxylic acids is 1. The first kappa shape index (κ1) is 21.2. The number of piperidine rings is 1. The molecule has 1 heterocycles. The molecule has 1 aromatic carbocycles. The number of aliphatic carboxylic acids is 1. The van der Waals surface area contributed by atoms with Gasteiger partial charge in [0.05, 0.1) is 12.0 Å². The summed E-state index contributed by atoms with van der Waals surface area (Å²) in [6.07, 6.45) is 2.43. The number of carbonyl (C=O) groups excluding carboxylic acids is 1. The Bertz CT molecular complexity index is 628. The zero-order chi connectivity index (χ0) is 20.0. The molecule has 0 radical (unpaired) electrons. The van der Waals surface area contributed by atoms with Gasteiger partial charge in [0, 0.05) is 19.6 Å². The SMILES string of the molecule is CC(C)Cc1ccc(C(CNC(=O)N2CCCC(C(=O)O)C2)N(C)C)cc1. The first-order chi connectivity index (χ1) is 12.8. The van der Waals surface area contributed by atoms with E-state index in [0.717, 1.165) is 18.4 Å². The summed E-state index contributed by atoms with van der Waals surface area (Å²) in [7, 11) is 4.00. The number of rotatable bonds is 7. The van der Waals surface area contributed by atoms with Crippen molar-refractivity contribution < 1.29 is 14.7 Å². The minimum Gasteiger partial charge on any atom is -0.481 e. The summed E-state index contributed by atoms with van der Waals surface area (Å²) < 4.78 is 0. The van der Waals surface area contributed by atoms with Crippen LogP contribution in [-0.4, -0.2) is 60.6 Å². The summed E-state index contributed by atoms with van der Waals surface area (Å²) in [5, 5.41) is 12.2. The van der Waals surface area contributed by atoms with E-state index in [-0.39, 0.29) is 18.6 Å². The number of nitrogens with zero attached hydrogens (tertiary/aromatic N) is 2. The van der Waals surface area contributed by atoms with E-state index in [1.807, 2.05) is 14.1 Å². The van der Waals surface area contributed by atoms with Crippen LogP contribution >= 0.6 is 0 Å². The average Bonchev–Trinajstić information content (AvgIpc) is 2.62. The highest BCUT2D eigenvalue weighted by Crippen LogP contribution is 2.20. The van der Waals surface area contributed by atoms with E-state index in [2.05, 4.69) is 48.3 Å². The molecule has 2 N–H and O–H groups in total. The van der Waals surface area contributed by atoms with Crippen molar-refractivity contribution in [3.05, 3.63) is 35.4 Å². The number of hydrogen-bond donors (Lipinski definition) is 2. The van der Waals surface area contributed by atoms with Crippen molar-refractivity contribution in [2.24, 2.45) is 11.8 Å². The molecule has 1 aromatic rings. The third-order valence-electron chi connectivity index (χ3n) is 5.14. The summed E-state index contributed by atoms with van der Waals surface area (Å²) in [6, 6.07) is 8.49. The van der Waals surface area contributed by atoms with Crippen LogP contribution in [-0.2, 0) is 11.2 Å². The molecule has 0 spiro atoms. The number of hydrogen-bond acceptors (Lipinski definition) is 3. The summed E-state index contributed by atoms with van der Waals surface area (Å²) in [5.74, 6) is -0.651. The number of urea groups is 1. The lowest BCUT2D eigenvalue weighted by atomic mass is 9.98. The molecule has 150 valence electrons. The molecule has 6 nitrogen and oxygen atoms in total. The number of benzene rings is 1. The molecule has 2 atom stereocenters. The van der Waals surface area contributed by atoms with Crippen molar-refractivity contribution in [2.45, 2.75) is 39.2 Å². The van der Waals surface area contributed by atoms with Gasteiger partial charge < -0.3 is 20.2 Å². The highest BCUT2D eigenvalue weighted by atomic mass is 16.4. The third kappa shape index (κ3) is 6.24. The number of nitrogens with one attached hydrogen (secondary N) is 1. The average molecular weight is 376 g/mol. The van der Waals surface area contributed by atoms with E-state index in [1.165, 1.54) is 5.56 Å². The van der Waals surface area contributed by atoms with Crippen LogP contribution in [0.3, 0.4) is 0 Å². The Morgan fingerprint density at radius 2 is 1.93 bits per heavy atom. The molecule has 27 heavy (non-hydrogen) atoms. The lowest BCUT2D eigenvalue weighted by molar-refractivity contribution is -0.143. The van der Waals surface area contributed by atoms with Gasteiger partial charge in [-0.05, 0) is 50.4 Å². The Morgan fingerprint density at radius 3 is 2.48 bits per heavy atom. The van der Waals surface area contributed by atoms with Crippen LogP contribution in [0.1, 0.15) is 43.9 Å². The maximum atomic E-state index is 12.5. The van der Waals surface area contributed by atoms with Crippen molar-refractivity contribution in [1.29, 1.82) is 0 Å². The summed E-state index contributed by atoms with van der Waals surface area (Å²) in [4.78, 5) is 27.4. The predicted octanol–water partition coefficient (Wildman–Crippen LogP) is 2.99. The normalized spacial score (nSPS) is 18.6. The first-order valence-corrected chi connectivity index (χ1v) is 9.78. The maximum Gasteiger partial charge on any atom is 0.317 e. The van der Waals surface area contributed by atoms with E-state index in [9.17, 15) is 14.7 Å². The highest BCUT2D eigenvalue weighted by molar-refractivity contribution is 5.76. The Balaban J connectivity index is 1.96. The van der Waals surface area contributed by atoms with Crippen molar-refractivity contribution in [3.8, 4) is 0 Å². The van der Waals surface area contributed by atoms with E-state index in [4.69, 9.17) is 0 Å². The topological polar surface area (TPSA) is 72.9 Å². The van der Waals surface area contributed by atoms with Gasteiger partial charge in [0.25, 0.3) is 0 Å². The predicted molar refractivity (Wildman–Crippen MR) is 107 cm³/mol. The van der Waals surface area contributed by atoms with Gasteiger partial charge in [0.2, 0.25) is 0 Å². The molecular weight excluding hydrogens is 342 g/mol. The van der Waals surface area contributed by atoms with E-state index in [0.29, 0.717) is 25.4 Å². The second-order valence-corrected chi connectivity index (χ2v) is 8.13. The van der Waals surface area contributed by atoms with Crippen LogP contribution < -0.4 is 5.32 Å². The smallest absolute Gasteiger partial charge is 0.317 e. The van der Waals surface area contributed by atoms with Crippen LogP contribution in [0.4, 0.5) is 4.79 Å². The maximum absolute atomic E-state index is 12.5. The van der Waals surface area contributed by atoms with E-state index < -0.39 is 11.9 Å². The second-order valence-electron chi connectivity index (χ2n) is 8.13. The molecule has 0 aliphatic carbocycles. The number of carboxylic acid groups (broad SMARTS) is 1. The molecule has 2 unspecified atom stereocenters. The van der Waals surface area contributed by atoms with Gasteiger partial charge in [0.15, 0.2) is 0 Å². The van der Waals surface area contributed by atoms with Crippen LogP contribution in [0, 0.1) is 11.8 Å². The first-order valence-electron chi connectivity index (χ1n) is 9.78. The van der Waals surface area contributed by atoms with Crippen molar-refractivity contribution in [1.82, 2.24) is 15.1 Å². The fraction of sp³-hybridized carbons (Fsp3) is 0.619. The lowest BCUT2D eigenvalue weighted by Crippen LogP contribution is -2.48. The molecule has 6 heteroatoms. The standard InChI is InChI=1S/C21H33N3O3/c1-15(2)12-16-7-9-17(10-8-16)19(23(3)4)13-22-21(27)24-11-5-6-18(14-24)20(25)26/h7-10,15,18-19H,5-6,11-14H2,1-4H3,(H,22,27)(H,25,26). The van der Waals surface area contributed by atoms with Gasteiger partial charge in [-0.15, -0.1) is 0 Å². The van der Waals surface area contributed by atoms with Crippen LogP contribution in [0.25, 0.3) is 0 Å². The van der Waals surface area contributed by atoms with Crippen molar-refractivity contribution >= 4 is 12.0 Å². The fourth-order valence-electron chi connectivity index (χ4n) is 3.60. The molecule has 0 aromatic heterocycles. The monoisotopic (exact) mass is 375 g/mol. The summed E-state index contributed by atoms with van der Waals surface area (Å²) in [6.45, 7) is 5.82. The number of carbonyl (C=O) groups is 2. The zero-order valence-corrected chi connectivity index (χ0v) is 16.9. The number of likely N-dealkylation sites (N-methyl/N-ethyl adjacent to an activating group) is 1. The number of likely N-dealkylation sites (tertiary alicyclic amines) is 1. The van der Waals surface area contributed by atoms with Gasteiger partial charge in [-0.2, -0.15) is 0 Å². The Hall–Kier alpha value is -2.08. The molecule has 2 rings (SSSR count). The van der Waals surface area contributed by atoms with Crippen LogP contribution in [0.2, 0.25) is 0 Å². The van der Waals surface area contributed by atoms with Gasteiger partial charge in [0.1, 0.15) is 0 Å². The molecule has 0 saturated carbocycles. The molecule has 1 aliphatic heterocycles. The van der Waals surface area contributed by atoms with Crippen LogP contribution in [0.5, 0.6) is 0 Å². The van der Waals surface area contributed by atoms with Gasteiger partial charge >= 0.3 is 12.0 Å². The third-order valence-corrected chi connectivity index (χ3v) is 5.14. The van der Waals surface area contributed by atoms with E-state index >= 15 is 0 Å². The van der Waals surface area contributed by atoms with Crippen molar-refractivity contribution in [2.75, 3.05) is 33.7 Å². The van der Waals surface area contributed by atoms with Crippen molar-refractivity contribution in [3.63, 3.8) is 0 Å². The molecule has 1 fully saturated rings. The lowest BCUT2D eigenvalue weighted by Gasteiger charge is -2.32. The minimum absolute atomic E-state index is 0.0714. The molecule has 1 saturated heterocycles.